The molecule has 1 N–H and O–H groups in total. The van der Waals surface area contributed by atoms with Crippen LogP contribution in [0.1, 0.15) is 30.4 Å². The largest absolute Gasteiger partial charge is 0.325 e. The number of anilines is 1. The van der Waals surface area contributed by atoms with E-state index in [9.17, 15) is 13.2 Å². The number of nitrogens with zero attached hydrogens (tertiary/aromatic N) is 2. The molecular formula is C20H25N3O3S2. The Morgan fingerprint density at radius 2 is 1.79 bits per heavy atom. The van der Waals surface area contributed by atoms with E-state index in [0.717, 1.165) is 36.1 Å². The van der Waals surface area contributed by atoms with Crippen LogP contribution in [0.3, 0.4) is 0 Å². The number of thioether (sulfide) groups is 1. The lowest BCUT2D eigenvalue weighted by Crippen LogP contribution is -2.35. The minimum absolute atomic E-state index is 0.116. The summed E-state index contributed by atoms with van der Waals surface area (Å²) in [7, 11) is -3.48. The molecule has 1 amide bonds. The molecule has 0 radical (unpaired) electrons. The van der Waals surface area contributed by atoms with Gasteiger partial charge in [0, 0.05) is 25.0 Å². The van der Waals surface area contributed by atoms with Gasteiger partial charge in [0.2, 0.25) is 15.9 Å². The van der Waals surface area contributed by atoms with E-state index < -0.39 is 10.0 Å². The van der Waals surface area contributed by atoms with E-state index in [4.69, 9.17) is 0 Å². The monoisotopic (exact) mass is 419 g/mol. The third-order valence-electron chi connectivity index (χ3n) is 4.76. The maximum atomic E-state index is 12.6. The Labute approximate surface area is 170 Å². The number of nitrogens with one attached hydrogen (secondary N) is 1. The highest BCUT2D eigenvalue weighted by molar-refractivity contribution is 7.99. The number of amides is 1. The van der Waals surface area contributed by atoms with Gasteiger partial charge in [-0.15, -0.1) is 0 Å². The molecule has 0 unspecified atom stereocenters. The highest BCUT2D eigenvalue weighted by Crippen LogP contribution is 2.23. The van der Waals surface area contributed by atoms with E-state index in [1.165, 1.54) is 22.3 Å². The van der Waals surface area contributed by atoms with Gasteiger partial charge in [0.1, 0.15) is 4.90 Å². The Bertz CT molecular complexity index is 917. The van der Waals surface area contributed by atoms with Crippen molar-refractivity contribution in [3.8, 4) is 0 Å². The summed E-state index contributed by atoms with van der Waals surface area (Å²) in [6, 6.07) is 9.10. The van der Waals surface area contributed by atoms with Crippen LogP contribution in [0.15, 0.2) is 46.5 Å². The lowest BCUT2D eigenvalue weighted by molar-refractivity contribution is -0.113. The van der Waals surface area contributed by atoms with E-state index in [0.29, 0.717) is 18.1 Å². The minimum atomic E-state index is -3.48. The number of benzene rings is 1. The maximum absolute atomic E-state index is 12.6. The topological polar surface area (TPSA) is 79.4 Å². The van der Waals surface area contributed by atoms with Crippen molar-refractivity contribution in [1.82, 2.24) is 9.29 Å². The molecule has 6 nitrogen and oxygen atoms in total. The molecule has 0 saturated carbocycles. The number of hydrogen-bond acceptors (Lipinski definition) is 5. The fraction of sp³-hybridized carbons (Fsp3) is 0.400. The van der Waals surface area contributed by atoms with Crippen LogP contribution in [0.25, 0.3) is 0 Å². The summed E-state index contributed by atoms with van der Waals surface area (Å²) < 4.78 is 26.8. The lowest BCUT2D eigenvalue weighted by atomic mass is 10.1. The van der Waals surface area contributed by atoms with Crippen molar-refractivity contribution < 1.29 is 13.2 Å². The van der Waals surface area contributed by atoms with E-state index in [1.807, 2.05) is 32.0 Å². The second kappa shape index (κ2) is 9.07. The molecule has 1 fully saturated rings. The standard InChI is InChI=1S/C20H25N3O3S2/c1-15-7-6-8-16(2)20(15)22-18(24)14-27-19-10-9-17(13-21-19)28(25,26)23-11-4-3-5-12-23/h6-10,13H,3-5,11-12,14H2,1-2H3,(H,22,24). The van der Waals surface area contributed by atoms with Gasteiger partial charge in [-0.2, -0.15) is 4.31 Å². The van der Waals surface area contributed by atoms with Gasteiger partial charge in [-0.1, -0.05) is 36.4 Å². The smallest absolute Gasteiger partial charge is 0.244 e. The van der Waals surface area contributed by atoms with Crippen molar-refractivity contribution in [2.75, 3.05) is 24.2 Å². The van der Waals surface area contributed by atoms with Crippen LogP contribution in [0.2, 0.25) is 0 Å². The zero-order chi connectivity index (χ0) is 20.1. The first kappa shape index (κ1) is 20.8. The summed E-state index contributed by atoms with van der Waals surface area (Å²) >= 11 is 1.28. The number of carbonyl (C=O) groups is 1. The van der Waals surface area contributed by atoms with Gasteiger partial charge < -0.3 is 5.32 Å². The number of carbonyl (C=O) groups excluding carboxylic acids is 1. The molecular weight excluding hydrogens is 394 g/mol. The number of rotatable bonds is 6. The molecule has 3 rings (SSSR count). The molecule has 1 saturated heterocycles. The van der Waals surface area contributed by atoms with Crippen molar-refractivity contribution in [3.05, 3.63) is 47.7 Å². The van der Waals surface area contributed by atoms with Gasteiger partial charge in [0.15, 0.2) is 0 Å². The first-order valence-electron chi connectivity index (χ1n) is 9.33. The van der Waals surface area contributed by atoms with Crippen LogP contribution in [-0.4, -0.2) is 42.5 Å². The van der Waals surface area contributed by atoms with Gasteiger partial charge in [-0.3, -0.25) is 4.79 Å². The number of aromatic nitrogens is 1. The van der Waals surface area contributed by atoms with E-state index in [2.05, 4.69) is 10.3 Å². The first-order chi connectivity index (χ1) is 13.4. The summed E-state index contributed by atoms with van der Waals surface area (Å²) in [6.45, 7) is 5.05. The molecule has 2 heterocycles. The Balaban J connectivity index is 1.59. The molecule has 2 aromatic rings. The first-order valence-corrected chi connectivity index (χ1v) is 11.8. The number of hydrogen-bond donors (Lipinski definition) is 1. The second-order valence-corrected chi connectivity index (χ2v) is 9.83. The number of piperidine rings is 1. The predicted molar refractivity (Wildman–Crippen MR) is 112 cm³/mol. The van der Waals surface area contributed by atoms with E-state index in [-0.39, 0.29) is 16.6 Å². The zero-order valence-electron chi connectivity index (χ0n) is 16.1. The molecule has 0 atom stereocenters. The van der Waals surface area contributed by atoms with Crippen LogP contribution in [-0.2, 0) is 14.8 Å². The Morgan fingerprint density at radius 1 is 1.11 bits per heavy atom. The van der Waals surface area contributed by atoms with E-state index >= 15 is 0 Å². The average Bonchev–Trinajstić information content (AvgIpc) is 2.70. The van der Waals surface area contributed by atoms with Crippen LogP contribution in [0, 0.1) is 13.8 Å². The molecule has 150 valence electrons. The summed E-state index contributed by atoms with van der Waals surface area (Å²) in [5, 5.41) is 3.56. The van der Waals surface area contributed by atoms with Crippen molar-refractivity contribution in [2.24, 2.45) is 0 Å². The molecule has 1 aromatic heterocycles. The number of aryl methyl sites for hydroxylation is 2. The third-order valence-corrected chi connectivity index (χ3v) is 7.58. The highest BCUT2D eigenvalue weighted by atomic mass is 32.2. The highest BCUT2D eigenvalue weighted by Gasteiger charge is 2.26. The molecule has 1 aliphatic rings. The summed E-state index contributed by atoms with van der Waals surface area (Å²) in [6.07, 6.45) is 4.26. The molecule has 0 spiro atoms. The van der Waals surface area contributed by atoms with Gasteiger partial charge in [-0.05, 0) is 49.9 Å². The second-order valence-electron chi connectivity index (χ2n) is 6.90. The van der Waals surface area contributed by atoms with Gasteiger partial charge >= 0.3 is 0 Å². The Kier molecular flexibility index (Phi) is 6.74. The SMILES string of the molecule is Cc1cccc(C)c1NC(=O)CSc1ccc(S(=O)(=O)N2CCCCC2)cn1. The Morgan fingerprint density at radius 3 is 2.39 bits per heavy atom. The van der Waals surface area contributed by atoms with Gasteiger partial charge in [0.25, 0.3) is 0 Å². The molecule has 1 aromatic carbocycles. The lowest BCUT2D eigenvalue weighted by Gasteiger charge is -2.25. The summed E-state index contributed by atoms with van der Waals surface area (Å²) in [5.41, 5.74) is 2.87. The summed E-state index contributed by atoms with van der Waals surface area (Å²) in [5.74, 6) is 0.0909. The molecule has 8 heteroatoms. The quantitative estimate of drug-likeness (QED) is 0.724. The summed E-state index contributed by atoms with van der Waals surface area (Å²) in [4.78, 5) is 16.7. The van der Waals surface area contributed by atoms with Crippen molar-refractivity contribution in [2.45, 2.75) is 43.0 Å². The fourth-order valence-corrected chi connectivity index (χ4v) is 5.29. The Hall–Kier alpha value is -1.90. The maximum Gasteiger partial charge on any atom is 0.244 e. The van der Waals surface area contributed by atoms with Crippen LogP contribution in [0.5, 0.6) is 0 Å². The van der Waals surface area contributed by atoms with Crippen molar-refractivity contribution in [3.63, 3.8) is 0 Å². The molecule has 0 aliphatic carbocycles. The van der Waals surface area contributed by atoms with E-state index in [1.54, 1.807) is 12.1 Å². The normalized spacial score (nSPS) is 15.4. The molecule has 1 aliphatic heterocycles. The number of pyridine rings is 1. The number of para-hydroxylation sites is 1. The van der Waals surface area contributed by atoms with Crippen molar-refractivity contribution >= 4 is 33.4 Å². The van der Waals surface area contributed by atoms with Crippen molar-refractivity contribution in [1.29, 1.82) is 0 Å². The minimum Gasteiger partial charge on any atom is -0.325 e. The zero-order valence-corrected chi connectivity index (χ0v) is 17.8. The van der Waals surface area contributed by atoms with Crippen LogP contribution >= 0.6 is 11.8 Å². The molecule has 0 bridgehead atoms. The number of sulfonamides is 1. The van der Waals surface area contributed by atoms with Gasteiger partial charge in [-0.25, -0.2) is 13.4 Å². The predicted octanol–water partition coefficient (Wildman–Crippen LogP) is 3.60. The third kappa shape index (κ3) is 4.92. The fourth-order valence-electron chi connectivity index (χ4n) is 3.19. The molecule has 28 heavy (non-hydrogen) atoms. The van der Waals surface area contributed by atoms with Gasteiger partial charge in [0.05, 0.1) is 10.8 Å². The average molecular weight is 420 g/mol. The van der Waals surface area contributed by atoms with Crippen LogP contribution in [0.4, 0.5) is 5.69 Å². The van der Waals surface area contributed by atoms with Crippen LogP contribution < -0.4 is 5.32 Å².